The number of rotatable bonds is 9. The number of nitrogens with one attached hydrogen (secondary N) is 4. The molecular formula is C23H30N10O2. The Morgan fingerprint density at radius 2 is 1.94 bits per heavy atom. The quantitative estimate of drug-likeness (QED) is 0.361. The van der Waals surface area contributed by atoms with Crippen molar-refractivity contribution in [2.45, 2.75) is 69.1 Å². The van der Waals surface area contributed by atoms with E-state index in [1.807, 2.05) is 6.07 Å². The first-order chi connectivity index (χ1) is 17.2. The number of nitrogens with zero attached hydrogens (tertiary/aromatic N) is 6. The van der Waals surface area contributed by atoms with Crippen LogP contribution in [0.15, 0.2) is 24.5 Å². The average molecular weight is 479 g/mol. The molecule has 0 radical (unpaired) electrons. The van der Waals surface area contributed by atoms with Crippen LogP contribution in [-0.4, -0.2) is 66.4 Å². The molecule has 184 valence electrons. The topological polar surface area (TPSA) is 148 Å². The highest BCUT2D eigenvalue weighted by molar-refractivity contribution is 5.92. The summed E-state index contributed by atoms with van der Waals surface area (Å²) in [4.78, 5) is 21.6. The highest BCUT2D eigenvalue weighted by Crippen LogP contribution is 2.39. The smallest absolute Gasteiger partial charge is 0.273 e. The second kappa shape index (κ2) is 9.70. The molecule has 6 rings (SSSR count). The lowest BCUT2D eigenvalue weighted by Crippen LogP contribution is -2.42. The molecule has 2 aliphatic carbocycles. The van der Waals surface area contributed by atoms with E-state index in [2.05, 4.69) is 52.5 Å². The number of hydrogen-bond donors (Lipinski definition) is 4. The second-order valence-electron chi connectivity index (χ2n) is 9.64. The molecule has 0 bridgehead atoms. The monoisotopic (exact) mass is 478 g/mol. The molecule has 0 aromatic carbocycles. The van der Waals surface area contributed by atoms with Crippen molar-refractivity contribution in [2.24, 2.45) is 0 Å². The first-order valence-electron chi connectivity index (χ1n) is 12.4. The molecule has 3 aromatic heterocycles. The Balaban J connectivity index is 0.943. The van der Waals surface area contributed by atoms with Crippen LogP contribution in [0.3, 0.4) is 0 Å². The highest BCUT2D eigenvalue weighted by Gasteiger charge is 2.27. The van der Waals surface area contributed by atoms with E-state index in [1.165, 1.54) is 18.5 Å². The molecule has 4 heterocycles. The molecule has 1 amide bonds. The van der Waals surface area contributed by atoms with Gasteiger partial charge in [0.1, 0.15) is 17.7 Å². The summed E-state index contributed by atoms with van der Waals surface area (Å²) in [7, 11) is 0. The van der Waals surface area contributed by atoms with Crippen LogP contribution < -0.4 is 16.0 Å². The number of aromatic amines is 1. The van der Waals surface area contributed by atoms with Crippen LogP contribution in [0.25, 0.3) is 0 Å². The van der Waals surface area contributed by atoms with Gasteiger partial charge in [0.25, 0.3) is 5.91 Å². The van der Waals surface area contributed by atoms with Crippen LogP contribution in [0.4, 0.5) is 11.6 Å². The van der Waals surface area contributed by atoms with Gasteiger partial charge in [-0.3, -0.25) is 9.89 Å². The third kappa shape index (κ3) is 5.33. The van der Waals surface area contributed by atoms with Crippen LogP contribution in [0.2, 0.25) is 0 Å². The average Bonchev–Trinajstić information content (AvgIpc) is 3.39. The number of aromatic nitrogens is 7. The molecule has 4 N–H and O–H groups in total. The molecule has 3 aliphatic rings. The zero-order chi connectivity index (χ0) is 23.6. The molecule has 0 unspecified atom stereocenters. The van der Waals surface area contributed by atoms with E-state index >= 15 is 0 Å². The molecule has 12 nitrogen and oxygen atoms in total. The molecule has 35 heavy (non-hydrogen) atoms. The van der Waals surface area contributed by atoms with Gasteiger partial charge in [-0.15, -0.1) is 5.10 Å². The minimum absolute atomic E-state index is 0.149. The first kappa shape index (κ1) is 22.1. The highest BCUT2D eigenvalue weighted by atomic mass is 16.5. The summed E-state index contributed by atoms with van der Waals surface area (Å²) < 4.78 is 6.88. The molecule has 3 fully saturated rings. The Labute approximate surface area is 202 Å². The molecule has 12 heteroatoms. The molecule has 0 atom stereocenters. The maximum Gasteiger partial charge on any atom is 0.273 e. The summed E-state index contributed by atoms with van der Waals surface area (Å²) in [6, 6.07) is 4.62. The standard InChI is InChI=1S/C23H30N10O2/c34-23(19-11-33(32-30-19)17-12-35-13-17)26-16-5-3-15(4-6-16)25-10-22-24-8-7-20(28-22)27-21-9-18(29-31-21)14-1-2-14/h7-9,11,14-17,25H,1-6,10,12-13H2,(H,26,34)(H2,24,27,28,29,31). The number of H-pyrrole nitrogens is 1. The zero-order valence-electron chi connectivity index (χ0n) is 19.5. The summed E-state index contributed by atoms with van der Waals surface area (Å²) in [6.07, 6.45) is 9.73. The second-order valence-corrected chi connectivity index (χ2v) is 9.64. The van der Waals surface area contributed by atoms with Gasteiger partial charge in [-0.1, -0.05) is 5.21 Å². The lowest BCUT2D eigenvalue weighted by molar-refractivity contribution is -0.0293. The van der Waals surface area contributed by atoms with E-state index in [0.29, 0.717) is 37.4 Å². The van der Waals surface area contributed by atoms with Crippen molar-refractivity contribution < 1.29 is 9.53 Å². The molecule has 2 saturated carbocycles. The van der Waals surface area contributed by atoms with E-state index in [4.69, 9.17) is 4.74 Å². The Morgan fingerprint density at radius 1 is 1.11 bits per heavy atom. The van der Waals surface area contributed by atoms with E-state index in [-0.39, 0.29) is 18.0 Å². The summed E-state index contributed by atoms with van der Waals surface area (Å²) in [5.74, 6) is 2.73. The van der Waals surface area contributed by atoms with Crippen molar-refractivity contribution in [1.82, 2.24) is 45.8 Å². The number of carbonyl (C=O) groups excluding carboxylic acids is 1. The summed E-state index contributed by atoms with van der Waals surface area (Å²) >= 11 is 0. The van der Waals surface area contributed by atoms with Crippen molar-refractivity contribution >= 4 is 17.5 Å². The van der Waals surface area contributed by atoms with Gasteiger partial charge < -0.3 is 20.7 Å². The largest absolute Gasteiger partial charge is 0.377 e. The summed E-state index contributed by atoms with van der Waals surface area (Å²) in [5.41, 5.74) is 1.55. The maximum atomic E-state index is 12.5. The van der Waals surface area contributed by atoms with E-state index in [1.54, 1.807) is 17.1 Å². The van der Waals surface area contributed by atoms with Crippen LogP contribution in [-0.2, 0) is 11.3 Å². The lowest BCUT2D eigenvalue weighted by Gasteiger charge is -2.29. The molecular weight excluding hydrogens is 448 g/mol. The molecule has 0 spiro atoms. The number of anilines is 2. The zero-order valence-corrected chi connectivity index (χ0v) is 19.5. The fourth-order valence-electron chi connectivity index (χ4n) is 4.56. The molecule has 3 aromatic rings. The van der Waals surface area contributed by atoms with E-state index < -0.39 is 0 Å². The number of carbonyl (C=O) groups is 1. The van der Waals surface area contributed by atoms with Gasteiger partial charge in [-0.05, 0) is 44.6 Å². The Hall–Kier alpha value is -3.38. The third-order valence-electron chi connectivity index (χ3n) is 6.93. The van der Waals surface area contributed by atoms with Crippen LogP contribution in [0.5, 0.6) is 0 Å². The first-order valence-corrected chi connectivity index (χ1v) is 12.4. The van der Waals surface area contributed by atoms with Crippen molar-refractivity contribution in [3.63, 3.8) is 0 Å². The fraction of sp³-hybridized carbons (Fsp3) is 0.565. The van der Waals surface area contributed by atoms with Crippen LogP contribution in [0, 0.1) is 0 Å². The predicted octanol–water partition coefficient (Wildman–Crippen LogP) is 1.81. The summed E-state index contributed by atoms with van der Waals surface area (Å²) in [6.45, 7) is 1.84. The van der Waals surface area contributed by atoms with Gasteiger partial charge in [0.05, 0.1) is 26.0 Å². The van der Waals surface area contributed by atoms with Crippen LogP contribution >= 0.6 is 0 Å². The Bertz CT molecular complexity index is 1160. The molecule has 1 saturated heterocycles. The number of hydrogen-bond acceptors (Lipinski definition) is 9. The number of ether oxygens (including phenoxy) is 1. The van der Waals surface area contributed by atoms with Crippen molar-refractivity contribution in [2.75, 3.05) is 18.5 Å². The van der Waals surface area contributed by atoms with Crippen molar-refractivity contribution in [3.8, 4) is 0 Å². The third-order valence-corrected chi connectivity index (χ3v) is 6.93. The van der Waals surface area contributed by atoms with Crippen molar-refractivity contribution in [1.29, 1.82) is 0 Å². The van der Waals surface area contributed by atoms with Gasteiger partial charge in [0.2, 0.25) is 0 Å². The normalized spacial score (nSPS) is 22.5. The Kier molecular flexibility index (Phi) is 6.13. The number of amides is 1. The minimum Gasteiger partial charge on any atom is -0.377 e. The summed E-state index contributed by atoms with van der Waals surface area (Å²) in [5, 5.41) is 25.4. The fourth-order valence-corrected chi connectivity index (χ4v) is 4.56. The Morgan fingerprint density at radius 3 is 2.71 bits per heavy atom. The van der Waals surface area contributed by atoms with Gasteiger partial charge in [0.15, 0.2) is 11.5 Å². The maximum absolute atomic E-state index is 12.5. The van der Waals surface area contributed by atoms with Crippen molar-refractivity contribution in [3.05, 3.63) is 41.7 Å². The van der Waals surface area contributed by atoms with Gasteiger partial charge in [-0.2, -0.15) is 5.10 Å². The van der Waals surface area contributed by atoms with Gasteiger partial charge >= 0.3 is 0 Å². The van der Waals surface area contributed by atoms with Gasteiger partial charge in [-0.25, -0.2) is 14.6 Å². The van der Waals surface area contributed by atoms with E-state index in [0.717, 1.165) is 43.1 Å². The molecule has 1 aliphatic heterocycles. The SMILES string of the molecule is O=C(NC1CCC(NCc2nccc(Nc3cc(C4CC4)[nH]n3)n2)CC1)c1cn(C2COC2)nn1. The predicted molar refractivity (Wildman–Crippen MR) is 126 cm³/mol. The van der Waals surface area contributed by atoms with Crippen LogP contribution in [0.1, 0.15) is 72.5 Å². The lowest BCUT2D eigenvalue weighted by atomic mass is 9.91. The van der Waals surface area contributed by atoms with E-state index in [9.17, 15) is 4.79 Å². The van der Waals surface area contributed by atoms with Gasteiger partial charge in [0, 0.05) is 36.0 Å². The minimum atomic E-state index is -0.160.